The molecule has 1 atom stereocenters. The predicted molar refractivity (Wildman–Crippen MR) is 62.9 cm³/mol. The van der Waals surface area contributed by atoms with Gasteiger partial charge in [0.05, 0.1) is 12.2 Å². The number of nitrogens with one attached hydrogen (secondary N) is 1. The van der Waals surface area contributed by atoms with E-state index in [9.17, 15) is 9.59 Å². The molecule has 1 heterocycles. The number of carboxylic acids is 1. The van der Waals surface area contributed by atoms with E-state index in [0.717, 1.165) is 0 Å². The minimum absolute atomic E-state index is 0.106. The maximum absolute atomic E-state index is 11.7. The first-order chi connectivity index (χ1) is 8.58. The third kappa shape index (κ3) is 3.79. The lowest BCUT2D eigenvalue weighted by Gasteiger charge is -2.11. The summed E-state index contributed by atoms with van der Waals surface area (Å²) in [6, 6.07) is 3.08. The Morgan fingerprint density at radius 2 is 2.33 bits per heavy atom. The molecule has 1 aromatic rings. The number of hydrogen-bond acceptors (Lipinski definition) is 5. The Morgan fingerprint density at radius 1 is 1.61 bits per heavy atom. The number of hydrogen-bond donors (Lipinski definition) is 3. The van der Waals surface area contributed by atoms with E-state index < -0.39 is 18.0 Å². The fourth-order valence-corrected chi connectivity index (χ4v) is 1.29. The van der Waals surface area contributed by atoms with Gasteiger partial charge in [-0.25, -0.2) is 4.79 Å². The van der Waals surface area contributed by atoms with Crippen molar-refractivity contribution in [2.24, 2.45) is 5.73 Å². The highest BCUT2D eigenvalue weighted by molar-refractivity contribution is 5.94. The molecule has 7 heteroatoms. The van der Waals surface area contributed by atoms with Crippen LogP contribution in [0.1, 0.15) is 16.1 Å². The Kier molecular flexibility index (Phi) is 5.22. The highest BCUT2D eigenvalue weighted by Crippen LogP contribution is 2.01. The summed E-state index contributed by atoms with van der Waals surface area (Å²) >= 11 is 0. The molecular formula is C11H15N3O4. The van der Waals surface area contributed by atoms with Crippen molar-refractivity contribution in [3.63, 3.8) is 0 Å². The van der Waals surface area contributed by atoms with Crippen molar-refractivity contribution in [2.45, 2.75) is 12.6 Å². The molecule has 1 amide bonds. The molecule has 1 rings (SSSR count). The molecule has 0 fully saturated rings. The van der Waals surface area contributed by atoms with Crippen LogP contribution in [0.3, 0.4) is 0 Å². The Balaban J connectivity index is 2.62. The van der Waals surface area contributed by atoms with Crippen molar-refractivity contribution in [2.75, 3.05) is 13.7 Å². The Bertz CT molecular complexity index is 436. The molecule has 0 radical (unpaired) electrons. The Hall–Kier alpha value is -1.99. The summed E-state index contributed by atoms with van der Waals surface area (Å²) in [6.07, 6.45) is 0.409. The van der Waals surface area contributed by atoms with Crippen molar-refractivity contribution in [1.82, 2.24) is 10.3 Å². The first-order valence-corrected chi connectivity index (χ1v) is 5.27. The summed E-state index contributed by atoms with van der Waals surface area (Å²) in [5, 5.41) is 11.2. The minimum atomic E-state index is -1.13. The number of carbonyl (C=O) groups is 2. The molecule has 0 spiro atoms. The molecular weight excluding hydrogens is 238 g/mol. The number of rotatable bonds is 6. The van der Waals surface area contributed by atoms with E-state index in [0.29, 0.717) is 11.3 Å². The van der Waals surface area contributed by atoms with Crippen molar-refractivity contribution >= 4 is 11.9 Å². The number of carbonyl (C=O) groups excluding carboxylic acids is 1. The highest BCUT2D eigenvalue weighted by Gasteiger charge is 2.17. The molecule has 18 heavy (non-hydrogen) atoms. The minimum Gasteiger partial charge on any atom is -0.479 e. The van der Waals surface area contributed by atoms with Crippen LogP contribution in [0.5, 0.6) is 0 Å². The molecule has 0 aliphatic rings. The molecule has 1 unspecified atom stereocenters. The van der Waals surface area contributed by atoms with Gasteiger partial charge in [0.1, 0.15) is 0 Å². The average molecular weight is 253 g/mol. The van der Waals surface area contributed by atoms with Crippen LogP contribution in [0, 0.1) is 0 Å². The maximum Gasteiger partial charge on any atom is 0.334 e. The molecule has 0 saturated carbocycles. The number of methoxy groups -OCH3 is 1. The van der Waals surface area contributed by atoms with Gasteiger partial charge in [-0.15, -0.1) is 0 Å². The van der Waals surface area contributed by atoms with Gasteiger partial charge >= 0.3 is 5.97 Å². The van der Waals surface area contributed by atoms with Crippen LogP contribution in [0.2, 0.25) is 0 Å². The van der Waals surface area contributed by atoms with Crippen molar-refractivity contribution in [3.8, 4) is 0 Å². The summed E-state index contributed by atoms with van der Waals surface area (Å²) in [7, 11) is 1.27. The van der Waals surface area contributed by atoms with E-state index >= 15 is 0 Å². The highest BCUT2D eigenvalue weighted by atomic mass is 16.5. The van der Waals surface area contributed by atoms with Gasteiger partial charge < -0.3 is 20.9 Å². The van der Waals surface area contributed by atoms with E-state index in [-0.39, 0.29) is 13.1 Å². The second-order valence-electron chi connectivity index (χ2n) is 3.51. The third-order valence-corrected chi connectivity index (χ3v) is 2.30. The van der Waals surface area contributed by atoms with Crippen LogP contribution in [-0.2, 0) is 16.1 Å². The second-order valence-corrected chi connectivity index (χ2v) is 3.51. The summed E-state index contributed by atoms with van der Waals surface area (Å²) in [5.41, 5.74) is 6.38. The largest absolute Gasteiger partial charge is 0.479 e. The first-order valence-electron chi connectivity index (χ1n) is 5.27. The molecule has 0 aliphatic heterocycles. The molecule has 0 aliphatic carbocycles. The number of aromatic nitrogens is 1. The normalized spacial score (nSPS) is 11.9. The van der Waals surface area contributed by atoms with E-state index in [4.69, 9.17) is 15.6 Å². The number of pyridine rings is 1. The van der Waals surface area contributed by atoms with Crippen LogP contribution in [0.4, 0.5) is 0 Å². The number of ether oxygens (including phenoxy) is 1. The molecule has 7 nitrogen and oxygen atoms in total. The first kappa shape index (κ1) is 14.1. The zero-order valence-corrected chi connectivity index (χ0v) is 9.92. The van der Waals surface area contributed by atoms with Gasteiger partial charge in [0.25, 0.3) is 5.91 Å². The SMILES string of the molecule is COC(CNC(=O)c1ccnc(CN)c1)C(=O)O. The Morgan fingerprint density at radius 3 is 2.89 bits per heavy atom. The number of nitrogens with zero attached hydrogens (tertiary/aromatic N) is 1. The van der Waals surface area contributed by atoms with Crippen molar-refractivity contribution in [1.29, 1.82) is 0 Å². The van der Waals surface area contributed by atoms with Gasteiger partial charge in [0, 0.05) is 25.4 Å². The molecule has 4 N–H and O–H groups in total. The summed E-state index contributed by atoms with van der Waals surface area (Å²) in [4.78, 5) is 26.4. The van der Waals surface area contributed by atoms with Gasteiger partial charge in [-0.1, -0.05) is 0 Å². The number of carboxylic acid groups (broad SMARTS) is 1. The van der Waals surface area contributed by atoms with Crippen molar-refractivity contribution < 1.29 is 19.4 Å². The Labute approximate surface area is 104 Å². The number of amides is 1. The smallest absolute Gasteiger partial charge is 0.334 e. The molecule has 0 bridgehead atoms. The number of nitrogens with two attached hydrogens (primary N) is 1. The van der Waals surface area contributed by atoms with Gasteiger partial charge in [-0.05, 0) is 12.1 Å². The van der Waals surface area contributed by atoms with Gasteiger partial charge in [-0.3, -0.25) is 9.78 Å². The van der Waals surface area contributed by atoms with Gasteiger partial charge in [0.2, 0.25) is 0 Å². The number of aliphatic carboxylic acids is 1. The fourth-order valence-electron chi connectivity index (χ4n) is 1.29. The summed E-state index contributed by atoms with van der Waals surface area (Å²) in [6.45, 7) is 0.127. The van der Waals surface area contributed by atoms with Crippen LogP contribution < -0.4 is 11.1 Å². The molecule has 0 saturated heterocycles. The van der Waals surface area contributed by atoms with Crippen LogP contribution in [-0.4, -0.2) is 41.7 Å². The van der Waals surface area contributed by atoms with Crippen LogP contribution >= 0.6 is 0 Å². The molecule has 0 aromatic carbocycles. The predicted octanol–water partition coefficient (Wildman–Crippen LogP) is -0.630. The van der Waals surface area contributed by atoms with E-state index in [2.05, 4.69) is 10.3 Å². The lowest BCUT2D eigenvalue weighted by molar-refractivity contribution is -0.148. The van der Waals surface area contributed by atoms with Gasteiger partial charge in [0.15, 0.2) is 6.10 Å². The van der Waals surface area contributed by atoms with E-state index in [1.165, 1.54) is 19.4 Å². The zero-order valence-electron chi connectivity index (χ0n) is 9.92. The fraction of sp³-hybridized carbons (Fsp3) is 0.364. The molecule has 1 aromatic heterocycles. The van der Waals surface area contributed by atoms with Crippen LogP contribution in [0.15, 0.2) is 18.3 Å². The van der Waals surface area contributed by atoms with Gasteiger partial charge in [-0.2, -0.15) is 0 Å². The van der Waals surface area contributed by atoms with E-state index in [1.54, 1.807) is 6.07 Å². The lowest BCUT2D eigenvalue weighted by Crippen LogP contribution is -2.37. The van der Waals surface area contributed by atoms with Crippen LogP contribution in [0.25, 0.3) is 0 Å². The van der Waals surface area contributed by atoms with Crippen molar-refractivity contribution in [3.05, 3.63) is 29.6 Å². The maximum atomic E-state index is 11.7. The summed E-state index contributed by atoms with van der Waals surface area (Å²) in [5.74, 6) is -1.52. The zero-order chi connectivity index (χ0) is 13.5. The lowest BCUT2D eigenvalue weighted by atomic mass is 10.2. The molecule has 98 valence electrons. The summed E-state index contributed by atoms with van der Waals surface area (Å²) < 4.78 is 4.70. The standard InChI is InChI=1S/C11H15N3O4/c1-18-9(11(16)17)6-14-10(15)7-2-3-13-8(4-7)5-12/h2-4,9H,5-6,12H2,1H3,(H,14,15)(H,16,17). The van der Waals surface area contributed by atoms with E-state index in [1.807, 2.05) is 0 Å². The monoisotopic (exact) mass is 253 g/mol. The topological polar surface area (TPSA) is 115 Å². The quantitative estimate of drug-likeness (QED) is 0.622. The average Bonchev–Trinajstić information content (AvgIpc) is 2.38. The third-order valence-electron chi connectivity index (χ3n) is 2.30. The second kappa shape index (κ2) is 6.67.